The van der Waals surface area contributed by atoms with Gasteiger partial charge in [0.25, 0.3) is 0 Å². The van der Waals surface area contributed by atoms with E-state index >= 15 is 0 Å². The molecule has 0 unspecified atom stereocenters. The standard InChI is InChI=1S/C20H21FN4.HI/c1-22-20(25(2)14-15-8-10-18(21)11-9-15)24-13-17-6-3-5-16-7-4-12-23-19(16)17;/h3-12H,13-14H2,1-2H3,(H,22,24);1H. The average Bonchev–Trinajstić information content (AvgIpc) is 2.64. The number of pyridine rings is 1. The fourth-order valence-electron chi connectivity index (χ4n) is 2.81. The van der Waals surface area contributed by atoms with Gasteiger partial charge in [-0.15, -0.1) is 24.0 Å². The Morgan fingerprint density at radius 2 is 1.85 bits per heavy atom. The lowest BCUT2D eigenvalue weighted by Crippen LogP contribution is -2.38. The van der Waals surface area contributed by atoms with Crippen molar-refractivity contribution in [3.05, 3.63) is 77.7 Å². The van der Waals surface area contributed by atoms with Crippen LogP contribution in [0.25, 0.3) is 10.9 Å². The number of para-hydroxylation sites is 1. The first-order valence-corrected chi connectivity index (χ1v) is 8.16. The molecule has 0 aliphatic rings. The maximum atomic E-state index is 13.0. The zero-order valence-corrected chi connectivity index (χ0v) is 17.1. The zero-order chi connectivity index (χ0) is 17.6. The lowest BCUT2D eigenvalue weighted by Gasteiger charge is -2.22. The molecule has 0 aliphatic carbocycles. The van der Waals surface area contributed by atoms with Gasteiger partial charge >= 0.3 is 0 Å². The summed E-state index contributed by atoms with van der Waals surface area (Å²) < 4.78 is 13.0. The summed E-state index contributed by atoms with van der Waals surface area (Å²) in [5.41, 5.74) is 3.14. The molecule has 0 radical (unpaired) electrons. The molecule has 0 atom stereocenters. The number of halogens is 2. The lowest BCUT2D eigenvalue weighted by atomic mass is 10.1. The molecule has 0 amide bonds. The van der Waals surface area contributed by atoms with Crippen LogP contribution in [-0.4, -0.2) is 29.9 Å². The third-order valence-corrected chi connectivity index (χ3v) is 4.06. The van der Waals surface area contributed by atoms with Crippen LogP contribution >= 0.6 is 24.0 Å². The number of rotatable bonds is 4. The third kappa shape index (κ3) is 4.91. The van der Waals surface area contributed by atoms with Crippen molar-refractivity contribution in [1.29, 1.82) is 0 Å². The quantitative estimate of drug-likeness (QED) is 0.358. The van der Waals surface area contributed by atoms with Gasteiger partial charge in [0.05, 0.1) is 5.52 Å². The summed E-state index contributed by atoms with van der Waals surface area (Å²) >= 11 is 0. The van der Waals surface area contributed by atoms with E-state index in [9.17, 15) is 4.39 Å². The van der Waals surface area contributed by atoms with Crippen molar-refractivity contribution in [3.63, 3.8) is 0 Å². The Balaban J connectivity index is 0.00000243. The van der Waals surface area contributed by atoms with Gasteiger partial charge in [-0.1, -0.05) is 36.4 Å². The van der Waals surface area contributed by atoms with Crippen molar-refractivity contribution in [3.8, 4) is 0 Å². The van der Waals surface area contributed by atoms with E-state index < -0.39 is 0 Å². The first kappa shape index (κ1) is 20.1. The minimum absolute atomic E-state index is 0. The minimum Gasteiger partial charge on any atom is -0.352 e. The second kappa shape index (κ2) is 9.47. The van der Waals surface area contributed by atoms with Crippen molar-refractivity contribution >= 4 is 40.8 Å². The van der Waals surface area contributed by atoms with Crippen LogP contribution in [0, 0.1) is 5.82 Å². The van der Waals surface area contributed by atoms with Gasteiger partial charge in [-0.3, -0.25) is 9.98 Å². The van der Waals surface area contributed by atoms with E-state index in [1.165, 1.54) is 12.1 Å². The molecular formula is C20H22FIN4. The fraction of sp³-hybridized carbons (Fsp3) is 0.200. The summed E-state index contributed by atoms with van der Waals surface area (Å²) in [5, 5.41) is 4.49. The molecular weight excluding hydrogens is 442 g/mol. The Bertz CT molecular complexity index is 875. The van der Waals surface area contributed by atoms with Crippen molar-refractivity contribution in [2.75, 3.05) is 14.1 Å². The van der Waals surface area contributed by atoms with Crippen LogP contribution in [0.3, 0.4) is 0 Å². The van der Waals surface area contributed by atoms with Gasteiger partial charge in [0.2, 0.25) is 0 Å². The Hall–Kier alpha value is -2.22. The largest absolute Gasteiger partial charge is 0.352 e. The van der Waals surface area contributed by atoms with Gasteiger partial charge < -0.3 is 10.2 Å². The van der Waals surface area contributed by atoms with Gasteiger partial charge in [0.15, 0.2) is 5.96 Å². The van der Waals surface area contributed by atoms with E-state index in [1.54, 1.807) is 25.4 Å². The second-order valence-electron chi connectivity index (χ2n) is 5.88. The van der Waals surface area contributed by atoms with Gasteiger partial charge in [0.1, 0.15) is 5.82 Å². The average molecular weight is 464 g/mol. The summed E-state index contributed by atoms with van der Waals surface area (Å²) in [6.45, 7) is 1.28. The van der Waals surface area contributed by atoms with E-state index in [-0.39, 0.29) is 29.8 Å². The molecule has 26 heavy (non-hydrogen) atoms. The SMILES string of the molecule is CN=C(NCc1cccc2cccnc12)N(C)Cc1ccc(F)cc1.I. The van der Waals surface area contributed by atoms with E-state index in [0.29, 0.717) is 13.1 Å². The molecule has 1 aromatic heterocycles. The van der Waals surface area contributed by atoms with Crippen LogP contribution in [0.15, 0.2) is 65.8 Å². The van der Waals surface area contributed by atoms with Crippen molar-refractivity contribution in [2.45, 2.75) is 13.1 Å². The molecule has 3 rings (SSSR count). The summed E-state index contributed by atoms with van der Waals surface area (Å²) in [5.74, 6) is 0.551. The highest BCUT2D eigenvalue weighted by atomic mass is 127. The van der Waals surface area contributed by atoms with Crippen molar-refractivity contribution < 1.29 is 4.39 Å². The zero-order valence-electron chi connectivity index (χ0n) is 14.8. The van der Waals surface area contributed by atoms with Crippen LogP contribution in [0.5, 0.6) is 0 Å². The molecule has 3 aromatic rings. The van der Waals surface area contributed by atoms with Gasteiger partial charge in [-0.25, -0.2) is 4.39 Å². The van der Waals surface area contributed by atoms with E-state index in [1.807, 2.05) is 24.1 Å². The van der Waals surface area contributed by atoms with Gasteiger partial charge in [-0.2, -0.15) is 0 Å². The Kier molecular flexibility index (Phi) is 7.32. The Labute approximate surface area is 170 Å². The summed E-state index contributed by atoms with van der Waals surface area (Å²) in [4.78, 5) is 10.8. The van der Waals surface area contributed by atoms with E-state index in [0.717, 1.165) is 28.0 Å². The number of nitrogens with zero attached hydrogens (tertiary/aromatic N) is 3. The number of aliphatic imine (C=N–C) groups is 1. The normalized spacial score (nSPS) is 11.1. The van der Waals surface area contributed by atoms with Crippen LogP contribution in [-0.2, 0) is 13.1 Å². The number of nitrogens with one attached hydrogen (secondary N) is 1. The number of hydrogen-bond donors (Lipinski definition) is 1. The van der Waals surface area contributed by atoms with E-state index in [4.69, 9.17) is 0 Å². The van der Waals surface area contributed by atoms with Crippen LogP contribution < -0.4 is 5.32 Å². The molecule has 0 bridgehead atoms. The number of guanidine groups is 1. The maximum Gasteiger partial charge on any atom is 0.193 e. The molecule has 0 saturated carbocycles. The molecule has 0 fully saturated rings. The van der Waals surface area contributed by atoms with Crippen LogP contribution in [0.1, 0.15) is 11.1 Å². The summed E-state index contributed by atoms with van der Waals surface area (Å²) in [6.07, 6.45) is 1.81. The Morgan fingerprint density at radius 3 is 2.58 bits per heavy atom. The molecule has 0 saturated heterocycles. The topological polar surface area (TPSA) is 40.5 Å². The second-order valence-corrected chi connectivity index (χ2v) is 5.88. The highest BCUT2D eigenvalue weighted by molar-refractivity contribution is 14.0. The maximum absolute atomic E-state index is 13.0. The highest BCUT2D eigenvalue weighted by Crippen LogP contribution is 2.15. The van der Waals surface area contributed by atoms with Crippen molar-refractivity contribution in [2.24, 2.45) is 4.99 Å². The molecule has 4 nitrogen and oxygen atoms in total. The molecule has 0 spiro atoms. The van der Waals surface area contributed by atoms with Gasteiger partial charge in [-0.05, 0) is 29.3 Å². The first-order chi connectivity index (χ1) is 12.2. The Morgan fingerprint density at radius 1 is 1.12 bits per heavy atom. The summed E-state index contributed by atoms with van der Waals surface area (Å²) in [7, 11) is 3.71. The number of fused-ring (bicyclic) bond motifs is 1. The lowest BCUT2D eigenvalue weighted by molar-refractivity contribution is 0.476. The fourth-order valence-corrected chi connectivity index (χ4v) is 2.81. The molecule has 1 N–H and O–H groups in total. The first-order valence-electron chi connectivity index (χ1n) is 8.16. The van der Waals surface area contributed by atoms with E-state index in [2.05, 4.69) is 33.5 Å². The predicted octanol–water partition coefficient (Wildman–Crippen LogP) is 4.20. The third-order valence-electron chi connectivity index (χ3n) is 4.06. The molecule has 1 heterocycles. The highest BCUT2D eigenvalue weighted by Gasteiger charge is 2.08. The monoisotopic (exact) mass is 464 g/mol. The predicted molar refractivity (Wildman–Crippen MR) is 115 cm³/mol. The molecule has 2 aromatic carbocycles. The minimum atomic E-state index is -0.225. The van der Waals surface area contributed by atoms with Crippen LogP contribution in [0.2, 0.25) is 0 Å². The molecule has 6 heteroatoms. The number of aromatic nitrogens is 1. The number of benzene rings is 2. The van der Waals surface area contributed by atoms with Crippen LogP contribution in [0.4, 0.5) is 4.39 Å². The molecule has 0 aliphatic heterocycles. The summed E-state index contributed by atoms with van der Waals surface area (Å²) in [6, 6.07) is 16.7. The smallest absolute Gasteiger partial charge is 0.193 e. The van der Waals surface area contributed by atoms with Crippen molar-refractivity contribution in [1.82, 2.24) is 15.2 Å². The van der Waals surface area contributed by atoms with Gasteiger partial charge in [0, 0.05) is 38.8 Å². The molecule has 136 valence electrons. The number of hydrogen-bond acceptors (Lipinski definition) is 2.